The molecule has 1 aromatic carbocycles. The second kappa shape index (κ2) is 7.23. The van der Waals surface area contributed by atoms with Crippen LogP contribution in [0.2, 0.25) is 0 Å². The molecule has 0 fully saturated rings. The van der Waals surface area contributed by atoms with E-state index in [4.69, 9.17) is 9.15 Å². The maximum Gasteiger partial charge on any atom is 0.338 e. The number of amides is 1. The Bertz CT molecular complexity index is 591. The number of nitrogens with zero attached hydrogens (tertiary/aromatic N) is 1. The number of hydrogen-bond donors (Lipinski definition) is 1. The predicted molar refractivity (Wildman–Crippen MR) is 76.1 cm³/mol. The third-order valence-corrected chi connectivity index (χ3v) is 2.77. The van der Waals surface area contributed by atoms with Crippen LogP contribution in [-0.2, 0) is 4.74 Å². The summed E-state index contributed by atoms with van der Waals surface area (Å²) >= 11 is 0. The molecule has 0 aliphatic carbocycles. The molecule has 1 aromatic heterocycles. The van der Waals surface area contributed by atoms with Gasteiger partial charge in [0.1, 0.15) is 0 Å². The van der Waals surface area contributed by atoms with Crippen LogP contribution in [0, 0.1) is 0 Å². The molecule has 1 heterocycles. The van der Waals surface area contributed by atoms with Gasteiger partial charge in [-0.05, 0) is 30.7 Å². The Morgan fingerprint density at radius 2 is 2.05 bits per heavy atom. The van der Waals surface area contributed by atoms with E-state index in [1.54, 1.807) is 24.3 Å². The molecule has 0 aliphatic heterocycles. The molecule has 0 bridgehead atoms. The SMILES string of the molecule is CCCCOC(=O)c1ccc(NC(=O)c2cnco2)cc1. The number of rotatable bonds is 6. The number of esters is 1. The third-order valence-electron chi connectivity index (χ3n) is 2.77. The number of hydrogen-bond acceptors (Lipinski definition) is 5. The van der Waals surface area contributed by atoms with E-state index in [1.807, 2.05) is 6.92 Å². The van der Waals surface area contributed by atoms with E-state index in [9.17, 15) is 9.59 Å². The van der Waals surface area contributed by atoms with Gasteiger partial charge in [0.2, 0.25) is 5.76 Å². The number of benzene rings is 1. The van der Waals surface area contributed by atoms with Crippen LogP contribution in [0.4, 0.5) is 5.69 Å². The van der Waals surface area contributed by atoms with E-state index in [0.29, 0.717) is 17.9 Å². The Morgan fingerprint density at radius 3 is 2.67 bits per heavy atom. The summed E-state index contributed by atoms with van der Waals surface area (Å²) < 4.78 is 9.99. The lowest BCUT2D eigenvalue weighted by molar-refractivity contribution is 0.0499. The van der Waals surface area contributed by atoms with Crippen molar-refractivity contribution in [2.24, 2.45) is 0 Å². The number of ether oxygens (including phenoxy) is 1. The van der Waals surface area contributed by atoms with Crippen LogP contribution in [0.3, 0.4) is 0 Å². The first-order valence-electron chi connectivity index (χ1n) is 6.67. The van der Waals surface area contributed by atoms with Crippen LogP contribution in [0.1, 0.15) is 40.7 Å². The van der Waals surface area contributed by atoms with Gasteiger partial charge in [-0.15, -0.1) is 0 Å². The smallest absolute Gasteiger partial charge is 0.338 e. The highest BCUT2D eigenvalue weighted by Crippen LogP contribution is 2.12. The van der Waals surface area contributed by atoms with E-state index in [0.717, 1.165) is 12.8 Å². The molecular formula is C15H16N2O4. The Morgan fingerprint density at radius 1 is 1.29 bits per heavy atom. The fourth-order valence-electron chi connectivity index (χ4n) is 1.60. The molecule has 0 saturated carbocycles. The largest absolute Gasteiger partial charge is 0.462 e. The van der Waals surface area contributed by atoms with Crippen molar-refractivity contribution >= 4 is 17.6 Å². The minimum Gasteiger partial charge on any atom is -0.462 e. The second-order valence-electron chi connectivity index (χ2n) is 4.39. The van der Waals surface area contributed by atoms with Crippen LogP contribution in [0.15, 0.2) is 41.3 Å². The Balaban J connectivity index is 1.92. The van der Waals surface area contributed by atoms with Gasteiger partial charge in [-0.3, -0.25) is 4.79 Å². The summed E-state index contributed by atoms with van der Waals surface area (Å²) in [5.41, 5.74) is 1.00. The first-order chi connectivity index (χ1) is 10.2. The fourth-order valence-corrected chi connectivity index (χ4v) is 1.60. The molecule has 0 unspecified atom stereocenters. The average molecular weight is 288 g/mol. The van der Waals surface area contributed by atoms with Crippen LogP contribution in [-0.4, -0.2) is 23.5 Å². The molecule has 0 atom stereocenters. The van der Waals surface area contributed by atoms with Gasteiger partial charge in [0, 0.05) is 5.69 Å². The molecule has 0 radical (unpaired) electrons. The van der Waals surface area contributed by atoms with Gasteiger partial charge in [-0.25, -0.2) is 9.78 Å². The quantitative estimate of drug-likeness (QED) is 0.653. The normalized spacial score (nSPS) is 10.1. The standard InChI is InChI=1S/C15H16N2O4/c1-2-3-8-20-15(19)11-4-6-12(7-5-11)17-14(18)13-9-16-10-21-13/h4-7,9-10H,2-3,8H2,1H3,(H,17,18). The zero-order valence-corrected chi connectivity index (χ0v) is 11.7. The minimum absolute atomic E-state index is 0.123. The van der Waals surface area contributed by atoms with Gasteiger partial charge in [0.05, 0.1) is 18.4 Å². The molecule has 110 valence electrons. The molecule has 0 aliphatic rings. The maximum absolute atomic E-state index is 11.7. The highest BCUT2D eigenvalue weighted by atomic mass is 16.5. The van der Waals surface area contributed by atoms with Gasteiger partial charge in [-0.1, -0.05) is 13.3 Å². The van der Waals surface area contributed by atoms with Crippen molar-refractivity contribution in [1.82, 2.24) is 4.98 Å². The van der Waals surface area contributed by atoms with Crippen LogP contribution in [0.5, 0.6) is 0 Å². The molecule has 2 aromatic rings. The maximum atomic E-state index is 11.7. The number of carbonyl (C=O) groups is 2. The first-order valence-corrected chi connectivity index (χ1v) is 6.67. The van der Waals surface area contributed by atoms with E-state index in [-0.39, 0.29) is 11.7 Å². The third kappa shape index (κ3) is 4.17. The van der Waals surface area contributed by atoms with Gasteiger partial charge in [-0.2, -0.15) is 0 Å². The summed E-state index contributed by atoms with van der Waals surface area (Å²) in [5.74, 6) is -0.639. The lowest BCUT2D eigenvalue weighted by Crippen LogP contribution is -2.11. The van der Waals surface area contributed by atoms with Gasteiger partial charge in [0.15, 0.2) is 6.39 Å². The lowest BCUT2D eigenvalue weighted by Gasteiger charge is -2.06. The summed E-state index contributed by atoms with van der Waals surface area (Å²) in [7, 11) is 0. The van der Waals surface area contributed by atoms with Crippen molar-refractivity contribution in [3.63, 3.8) is 0 Å². The van der Waals surface area contributed by atoms with E-state index < -0.39 is 5.91 Å². The predicted octanol–water partition coefficient (Wildman–Crippen LogP) is 2.88. The molecule has 0 saturated heterocycles. The Hall–Kier alpha value is -2.63. The number of anilines is 1. The number of carbonyl (C=O) groups excluding carboxylic acids is 2. The van der Waals surface area contributed by atoms with Crippen molar-refractivity contribution in [3.05, 3.63) is 48.2 Å². The number of unbranched alkanes of at least 4 members (excludes halogenated alkanes) is 1. The Kier molecular flexibility index (Phi) is 5.09. The first kappa shape index (κ1) is 14.8. The zero-order valence-electron chi connectivity index (χ0n) is 11.7. The summed E-state index contributed by atoms with van der Waals surface area (Å²) in [6.07, 6.45) is 4.33. The molecule has 6 nitrogen and oxygen atoms in total. The van der Waals surface area contributed by atoms with E-state index >= 15 is 0 Å². The number of nitrogens with one attached hydrogen (secondary N) is 1. The fraction of sp³-hybridized carbons (Fsp3) is 0.267. The van der Waals surface area contributed by atoms with E-state index in [1.165, 1.54) is 12.6 Å². The minimum atomic E-state index is -0.397. The van der Waals surface area contributed by atoms with Crippen LogP contribution in [0.25, 0.3) is 0 Å². The van der Waals surface area contributed by atoms with Gasteiger partial charge in [0.25, 0.3) is 5.91 Å². The van der Waals surface area contributed by atoms with Gasteiger partial charge >= 0.3 is 5.97 Å². The van der Waals surface area contributed by atoms with Crippen molar-refractivity contribution in [3.8, 4) is 0 Å². The average Bonchev–Trinajstić information content (AvgIpc) is 3.02. The van der Waals surface area contributed by atoms with Crippen LogP contribution >= 0.6 is 0 Å². The highest BCUT2D eigenvalue weighted by Gasteiger charge is 2.11. The van der Waals surface area contributed by atoms with Crippen molar-refractivity contribution in [2.75, 3.05) is 11.9 Å². The second-order valence-corrected chi connectivity index (χ2v) is 4.39. The lowest BCUT2D eigenvalue weighted by atomic mass is 10.2. The van der Waals surface area contributed by atoms with Crippen molar-refractivity contribution in [2.45, 2.75) is 19.8 Å². The molecular weight excluding hydrogens is 272 g/mol. The topological polar surface area (TPSA) is 81.4 Å². The summed E-state index contributed by atoms with van der Waals surface area (Å²) in [6, 6.07) is 6.46. The molecule has 1 amide bonds. The highest BCUT2D eigenvalue weighted by molar-refractivity contribution is 6.02. The summed E-state index contributed by atoms with van der Waals surface area (Å²) in [5, 5.41) is 2.64. The number of oxazole rings is 1. The van der Waals surface area contributed by atoms with Crippen molar-refractivity contribution < 1.29 is 18.7 Å². The van der Waals surface area contributed by atoms with Gasteiger partial charge < -0.3 is 14.5 Å². The summed E-state index contributed by atoms with van der Waals surface area (Å²) in [6.45, 7) is 2.44. The molecule has 2 rings (SSSR count). The zero-order chi connectivity index (χ0) is 15.1. The molecule has 6 heteroatoms. The summed E-state index contributed by atoms with van der Waals surface area (Å²) in [4.78, 5) is 27.1. The van der Waals surface area contributed by atoms with E-state index in [2.05, 4.69) is 10.3 Å². The van der Waals surface area contributed by atoms with Crippen molar-refractivity contribution in [1.29, 1.82) is 0 Å². The molecule has 1 N–H and O–H groups in total. The molecule has 0 spiro atoms. The Labute approximate surface area is 122 Å². The van der Waals surface area contributed by atoms with Crippen LogP contribution < -0.4 is 5.32 Å². The molecule has 21 heavy (non-hydrogen) atoms. The monoisotopic (exact) mass is 288 g/mol. The number of aromatic nitrogens is 1.